The van der Waals surface area contributed by atoms with Crippen LogP contribution >= 0.6 is 0 Å². The molecule has 1 aromatic rings. The molecule has 6 aliphatic rings. The van der Waals surface area contributed by atoms with Gasteiger partial charge in [-0.15, -0.1) is 0 Å². The molecule has 5 fully saturated rings. The van der Waals surface area contributed by atoms with Crippen molar-refractivity contribution in [3.05, 3.63) is 35.4 Å². The molecule has 0 radical (unpaired) electrons. The zero-order chi connectivity index (χ0) is 18.4. The monoisotopic (exact) mass is 366 g/mol. The van der Waals surface area contributed by atoms with Crippen LogP contribution in [0.15, 0.2) is 24.3 Å². The minimum atomic E-state index is -0.743. The summed E-state index contributed by atoms with van der Waals surface area (Å²) in [6, 6.07) is 3.73. The molecule has 2 bridgehead atoms. The molecular weight excluding hydrogens is 338 g/mol. The number of nitrogens with zero attached hydrogens (tertiary/aromatic N) is 1. The normalized spacial score (nSPS) is 50.7. The second-order valence-corrected chi connectivity index (χ2v) is 10.5. The molecule has 3 unspecified atom stereocenters. The topological polar surface area (TPSA) is 49.7 Å². The van der Waals surface area contributed by atoms with Crippen LogP contribution in [0.2, 0.25) is 0 Å². The van der Waals surface area contributed by atoms with Crippen molar-refractivity contribution in [1.29, 1.82) is 0 Å². The molecule has 4 heteroatoms. The molecule has 3 heterocycles. The van der Waals surface area contributed by atoms with Crippen LogP contribution in [0.5, 0.6) is 11.5 Å². The van der Waals surface area contributed by atoms with Crippen LogP contribution in [0.3, 0.4) is 0 Å². The minimum Gasteiger partial charge on any atom is -0.504 e. The highest BCUT2D eigenvalue weighted by Gasteiger charge is 2.96. The lowest BCUT2D eigenvalue weighted by molar-refractivity contribution is -0.835. The molecule has 0 aromatic heterocycles. The number of aryl methyl sites for hydroxylation is 1. The molecular formula is C23H28NO3+. The maximum Gasteiger partial charge on any atom is 0.179 e. The number of aromatic hydroxyl groups is 1. The van der Waals surface area contributed by atoms with Crippen LogP contribution in [-0.4, -0.2) is 51.6 Å². The van der Waals surface area contributed by atoms with Gasteiger partial charge in [-0.05, 0) is 49.8 Å². The van der Waals surface area contributed by atoms with Crippen molar-refractivity contribution in [3.8, 4) is 11.5 Å². The molecule has 3 aliphatic heterocycles. The molecule has 1 aromatic carbocycles. The van der Waals surface area contributed by atoms with Gasteiger partial charge in [-0.1, -0.05) is 12.6 Å². The number of phenols is 1. The number of piperidine rings is 2. The van der Waals surface area contributed by atoms with Crippen LogP contribution in [-0.2, 0) is 5.41 Å². The van der Waals surface area contributed by atoms with Crippen molar-refractivity contribution >= 4 is 0 Å². The van der Waals surface area contributed by atoms with E-state index in [9.17, 15) is 10.2 Å². The Morgan fingerprint density at radius 3 is 2.93 bits per heavy atom. The summed E-state index contributed by atoms with van der Waals surface area (Å²) in [6.45, 7) is 10.1. The fraction of sp³-hybridized carbons (Fsp3) is 0.652. The number of quaternary nitrogens is 1. The third-order valence-electron chi connectivity index (χ3n) is 9.51. The standard InChI is InChI=1S/C23H27NO3/c1-13-3-6-17(25)19-18(13)23-16-9-21(12-24(21,11-16)10-15-4-5-15)22(23,26)8-7-14(2)20(23)27-19/h3,6,15-16,20,26H,2,4-5,7-12H2,1H3/p+1/t16?,20-,21?,22+,23-,24?/m0/s1. The first-order valence-corrected chi connectivity index (χ1v) is 10.6. The van der Waals surface area contributed by atoms with Gasteiger partial charge >= 0.3 is 0 Å². The maximum atomic E-state index is 12.5. The Morgan fingerprint density at radius 2 is 2.15 bits per heavy atom. The highest BCUT2D eigenvalue weighted by molar-refractivity contribution is 5.64. The lowest BCUT2D eigenvalue weighted by atomic mass is 9.53. The van der Waals surface area contributed by atoms with Gasteiger partial charge in [-0.3, -0.25) is 0 Å². The molecule has 2 N–H and O–H groups in total. The predicted molar refractivity (Wildman–Crippen MR) is 101 cm³/mol. The highest BCUT2D eigenvalue weighted by Crippen LogP contribution is 2.80. The summed E-state index contributed by atoms with van der Waals surface area (Å²) in [6.07, 6.45) is 5.30. The van der Waals surface area contributed by atoms with Gasteiger partial charge in [0, 0.05) is 23.8 Å². The zero-order valence-corrected chi connectivity index (χ0v) is 16.0. The van der Waals surface area contributed by atoms with Crippen LogP contribution in [0, 0.1) is 18.8 Å². The van der Waals surface area contributed by atoms with Crippen LogP contribution in [0.4, 0.5) is 0 Å². The quantitative estimate of drug-likeness (QED) is 0.481. The summed E-state index contributed by atoms with van der Waals surface area (Å²) in [5.41, 5.74) is 2.19. The summed E-state index contributed by atoms with van der Waals surface area (Å²) < 4.78 is 7.59. The van der Waals surface area contributed by atoms with Crippen molar-refractivity contribution < 1.29 is 19.4 Å². The SMILES string of the molecule is C=C1CC[C@@]2(O)C34CC(C[N+]3(CC3CC3)C4)[C@@]23c2c(C)ccc(O)c2O[C@@H]13. The van der Waals surface area contributed by atoms with Crippen molar-refractivity contribution in [2.45, 2.75) is 61.7 Å². The van der Waals surface area contributed by atoms with Crippen molar-refractivity contribution in [2.24, 2.45) is 11.8 Å². The second kappa shape index (κ2) is 4.08. The molecule has 0 amide bonds. The van der Waals surface area contributed by atoms with E-state index in [0.717, 1.165) is 52.9 Å². The molecule has 4 nitrogen and oxygen atoms in total. The number of fused-ring (bicyclic) bond motifs is 2. The Balaban J connectivity index is 1.48. The van der Waals surface area contributed by atoms with E-state index in [-0.39, 0.29) is 17.4 Å². The van der Waals surface area contributed by atoms with E-state index >= 15 is 0 Å². The first kappa shape index (κ1) is 15.4. The first-order chi connectivity index (χ1) is 12.9. The summed E-state index contributed by atoms with van der Waals surface area (Å²) in [5.74, 6) is 2.13. The molecule has 7 rings (SSSR count). The largest absolute Gasteiger partial charge is 0.504 e. The Kier molecular flexibility index (Phi) is 2.33. The number of hydrogen-bond acceptors (Lipinski definition) is 3. The van der Waals surface area contributed by atoms with Gasteiger partial charge in [0.05, 0.1) is 18.5 Å². The average Bonchev–Trinajstić information content (AvgIpc) is 3.46. The summed E-state index contributed by atoms with van der Waals surface area (Å²) >= 11 is 0. The van der Waals surface area contributed by atoms with Crippen LogP contribution < -0.4 is 4.74 Å². The van der Waals surface area contributed by atoms with Crippen molar-refractivity contribution in [2.75, 3.05) is 19.6 Å². The van der Waals surface area contributed by atoms with Gasteiger partial charge in [0.25, 0.3) is 0 Å². The van der Waals surface area contributed by atoms with E-state index in [1.54, 1.807) is 6.07 Å². The molecule has 3 saturated carbocycles. The highest BCUT2D eigenvalue weighted by atomic mass is 16.5. The van der Waals surface area contributed by atoms with E-state index < -0.39 is 11.0 Å². The predicted octanol–water partition coefficient (Wildman–Crippen LogP) is 2.79. The number of ether oxygens (including phenoxy) is 1. The number of aliphatic hydroxyl groups is 1. The number of hydrogen-bond donors (Lipinski definition) is 2. The van der Waals surface area contributed by atoms with E-state index in [4.69, 9.17) is 4.74 Å². The van der Waals surface area contributed by atoms with Gasteiger partial charge in [0.2, 0.25) is 0 Å². The Morgan fingerprint density at radius 1 is 1.33 bits per heavy atom. The molecule has 2 saturated heterocycles. The van der Waals surface area contributed by atoms with Gasteiger partial charge in [0.1, 0.15) is 18.2 Å². The Hall–Kier alpha value is -1.52. The van der Waals surface area contributed by atoms with Gasteiger partial charge < -0.3 is 19.4 Å². The van der Waals surface area contributed by atoms with E-state index in [0.29, 0.717) is 11.7 Å². The smallest absolute Gasteiger partial charge is 0.179 e. The molecule has 27 heavy (non-hydrogen) atoms. The minimum absolute atomic E-state index is 0.0159. The third-order valence-corrected chi connectivity index (χ3v) is 9.51. The molecule has 3 aliphatic carbocycles. The van der Waals surface area contributed by atoms with Crippen LogP contribution in [0.1, 0.15) is 43.2 Å². The summed E-state index contributed by atoms with van der Waals surface area (Å²) in [5, 5.41) is 23.1. The zero-order valence-electron chi connectivity index (χ0n) is 16.0. The van der Waals surface area contributed by atoms with E-state index in [2.05, 4.69) is 13.5 Å². The van der Waals surface area contributed by atoms with Crippen LogP contribution in [0.25, 0.3) is 0 Å². The first-order valence-electron chi connectivity index (χ1n) is 10.6. The molecule has 142 valence electrons. The number of rotatable bonds is 2. The fourth-order valence-electron chi connectivity index (χ4n) is 8.49. The van der Waals surface area contributed by atoms with E-state index in [1.807, 2.05) is 6.07 Å². The third kappa shape index (κ3) is 1.33. The molecule has 6 atom stereocenters. The average molecular weight is 366 g/mol. The Labute approximate surface area is 160 Å². The van der Waals surface area contributed by atoms with E-state index in [1.165, 1.54) is 25.9 Å². The second-order valence-electron chi connectivity index (χ2n) is 10.5. The lowest BCUT2D eigenvalue weighted by Crippen LogP contribution is -2.70. The lowest BCUT2D eigenvalue weighted by Gasteiger charge is -2.54. The van der Waals surface area contributed by atoms with Gasteiger partial charge in [-0.25, -0.2) is 0 Å². The number of phenolic OH excluding ortho intramolecular Hbond substituents is 1. The van der Waals surface area contributed by atoms with Gasteiger partial charge in [0.15, 0.2) is 17.0 Å². The maximum absolute atomic E-state index is 12.5. The molecule has 2 spiro atoms. The van der Waals surface area contributed by atoms with Gasteiger partial charge in [-0.2, -0.15) is 0 Å². The summed E-state index contributed by atoms with van der Waals surface area (Å²) in [4.78, 5) is 0. The summed E-state index contributed by atoms with van der Waals surface area (Å²) in [7, 11) is 0. The van der Waals surface area contributed by atoms with Crippen molar-refractivity contribution in [1.82, 2.24) is 0 Å². The van der Waals surface area contributed by atoms with Crippen molar-refractivity contribution in [3.63, 3.8) is 0 Å². The fourth-order valence-corrected chi connectivity index (χ4v) is 8.49. The Bertz CT molecular complexity index is 938. The number of benzene rings is 1.